The zero-order chi connectivity index (χ0) is 14.6. The standard InChI is InChI=1S/C20H21N/c1-12-11-15-8-9-17-16-6-4-3-5-14(16)7-10-18(17)19(15)20(21)13(12)2/h3-10,12-13,20H,11,21H2,1-2H3. The highest BCUT2D eigenvalue weighted by atomic mass is 14.7. The summed E-state index contributed by atoms with van der Waals surface area (Å²) < 4.78 is 0. The van der Waals surface area contributed by atoms with Crippen LogP contribution in [0.15, 0.2) is 48.5 Å². The van der Waals surface area contributed by atoms with E-state index >= 15 is 0 Å². The summed E-state index contributed by atoms with van der Waals surface area (Å²) in [6.45, 7) is 4.61. The van der Waals surface area contributed by atoms with Crippen LogP contribution in [0.5, 0.6) is 0 Å². The maximum atomic E-state index is 6.59. The molecule has 106 valence electrons. The Balaban J connectivity index is 2.08. The molecule has 3 aromatic carbocycles. The molecule has 0 spiro atoms. The van der Waals surface area contributed by atoms with Crippen LogP contribution in [0, 0.1) is 11.8 Å². The van der Waals surface area contributed by atoms with Gasteiger partial charge in [0.2, 0.25) is 0 Å². The summed E-state index contributed by atoms with van der Waals surface area (Å²) in [6.07, 6.45) is 1.15. The first kappa shape index (κ1) is 12.8. The lowest BCUT2D eigenvalue weighted by molar-refractivity contribution is 0.306. The second-order valence-corrected chi connectivity index (χ2v) is 6.59. The molecule has 3 unspecified atom stereocenters. The van der Waals surface area contributed by atoms with Gasteiger partial charge < -0.3 is 5.73 Å². The molecule has 3 aromatic rings. The van der Waals surface area contributed by atoms with Gasteiger partial charge in [0.1, 0.15) is 0 Å². The molecule has 0 saturated heterocycles. The van der Waals surface area contributed by atoms with Gasteiger partial charge in [0.25, 0.3) is 0 Å². The Morgan fingerprint density at radius 2 is 1.62 bits per heavy atom. The third kappa shape index (κ3) is 1.81. The molecule has 1 heteroatoms. The van der Waals surface area contributed by atoms with Crippen molar-refractivity contribution in [3.8, 4) is 0 Å². The predicted octanol–water partition coefficient (Wildman–Crippen LogP) is 4.82. The van der Waals surface area contributed by atoms with E-state index in [4.69, 9.17) is 5.73 Å². The number of fused-ring (bicyclic) bond motifs is 5. The van der Waals surface area contributed by atoms with Gasteiger partial charge in [0.15, 0.2) is 0 Å². The van der Waals surface area contributed by atoms with Crippen molar-refractivity contribution < 1.29 is 0 Å². The van der Waals surface area contributed by atoms with Gasteiger partial charge in [-0.15, -0.1) is 0 Å². The molecule has 21 heavy (non-hydrogen) atoms. The van der Waals surface area contributed by atoms with Gasteiger partial charge in [-0.1, -0.05) is 62.4 Å². The monoisotopic (exact) mass is 275 g/mol. The van der Waals surface area contributed by atoms with Gasteiger partial charge in [0.05, 0.1) is 0 Å². The minimum Gasteiger partial charge on any atom is -0.324 e. The van der Waals surface area contributed by atoms with Crippen LogP contribution in [0.2, 0.25) is 0 Å². The number of nitrogens with two attached hydrogens (primary N) is 1. The van der Waals surface area contributed by atoms with Crippen molar-refractivity contribution in [2.75, 3.05) is 0 Å². The van der Waals surface area contributed by atoms with Gasteiger partial charge >= 0.3 is 0 Å². The van der Waals surface area contributed by atoms with Crippen LogP contribution >= 0.6 is 0 Å². The lowest BCUT2D eigenvalue weighted by atomic mass is 9.73. The van der Waals surface area contributed by atoms with Gasteiger partial charge in [-0.2, -0.15) is 0 Å². The fourth-order valence-corrected chi connectivity index (χ4v) is 3.88. The van der Waals surface area contributed by atoms with Crippen LogP contribution in [-0.2, 0) is 6.42 Å². The van der Waals surface area contributed by atoms with Gasteiger partial charge in [0, 0.05) is 6.04 Å². The SMILES string of the molecule is CC1Cc2ccc3c(ccc4ccccc43)c2C(N)C1C. The number of rotatable bonds is 0. The maximum absolute atomic E-state index is 6.59. The molecule has 0 amide bonds. The van der Waals surface area contributed by atoms with Crippen molar-refractivity contribution in [3.05, 3.63) is 59.7 Å². The molecular weight excluding hydrogens is 254 g/mol. The third-order valence-corrected chi connectivity index (χ3v) is 5.40. The highest BCUT2D eigenvalue weighted by Gasteiger charge is 2.30. The van der Waals surface area contributed by atoms with E-state index in [1.807, 2.05) is 0 Å². The molecule has 3 atom stereocenters. The molecule has 0 aromatic heterocycles. The summed E-state index contributed by atoms with van der Waals surface area (Å²) in [7, 11) is 0. The molecule has 0 heterocycles. The van der Waals surface area contributed by atoms with Crippen molar-refractivity contribution in [2.24, 2.45) is 17.6 Å². The van der Waals surface area contributed by atoms with Crippen LogP contribution in [0.3, 0.4) is 0 Å². The first-order valence-electron chi connectivity index (χ1n) is 7.85. The summed E-state index contributed by atoms with van der Waals surface area (Å²) in [5.74, 6) is 1.19. The Hall–Kier alpha value is -1.86. The fourth-order valence-electron chi connectivity index (χ4n) is 3.88. The second kappa shape index (κ2) is 4.57. The van der Waals surface area contributed by atoms with E-state index in [1.54, 1.807) is 0 Å². The van der Waals surface area contributed by atoms with Crippen LogP contribution in [-0.4, -0.2) is 0 Å². The van der Waals surface area contributed by atoms with Crippen molar-refractivity contribution in [1.82, 2.24) is 0 Å². The fraction of sp³-hybridized carbons (Fsp3) is 0.300. The molecule has 1 aliphatic rings. The zero-order valence-corrected chi connectivity index (χ0v) is 12.6. The molecule has 2 N–H and O–H groups in total. The molecule has 1 aliphatic carbocycles. The highest BCUT2D eigenvalue weighted by molar-refractivity contribution is 6.08. The zero-order valence-electron chi connectivity index (χ0n) is 12.6. The molecule has 4 rings (SSSR count). The summed E-state index contributed by atoms with van der Waals surface area (Å²) in [5.41, 5.74) is 9.41. The predicted molar refractivity (Wildman–Crippen MR) is 90.4 cm³/mol. The summed E-state index contributed by atoms with van der Waals surface area (Å²) in [6, 6.07) is 17.8. The maximum Gasteiger partial charge on any atom is 0.0332 e. The molecule has 0 fully saturated rings. The van der Waals surface area contributed by atoms with Crippen molar-refractivity contribution in [1.29, 1.82) is 0 Å². The average molecular weight is 275 g/mol. The van der Waals surface area contributed by atoms with E-state index in [0.29, 0.717) is 11.8 Å². The molecule has 1 nitrogen and oxygen atoms in total. The van der Waals surface area contributed by atoms with E-state index in [-0.39, 0.29) is 6.04 Å². The lowest BCUT2D eigenvalue weighted by Gasteiger charge is -2.35. The Labute approximate surface area is 125 Å². The number of hydrogen-bond donors (Lipinski definition) is 1. The van der Waals surface area contributed by atoms with Crippen LogP contribution in [0.1, 0.15) is 31.0 Å². The average Bonchev–Trinajstić information content (AvgIpc) is 2.51. The Morgan fingerprint density at radius 3 is 2.48 bits per heavy atom. The smallest absolute Gasteiger partial charge is 0.0332 e. The summed E-state index contributed by atoms with van der Waals surface area (Å²) in [4.78, 5) is 0. The first-order valence-corrected chi connectivity index (χ1v) is 7.85. The number of benzene rings is 3. The van der Waals surface area contributed by atoms with Crippen LogP contribution < -0.4 is 5.73 Å². The quantitative estimate of drug-likeness (QED) is 0.585. The summed E-state index contributed by atoms with van der Waals surface area (Å²) >= 11 is 0. The van der Waals surface area contributed by atoms with E-state index in [1.165, 1.54) is 32.7 Å². The molecule has 0 bridgehead atoms. The molecule has 0 aliphatic heterocycles. The molecular formula is C20H21N. The Morgan fingerprint density at radius 1 is 0.857 bits per heavy atom. The first-order chi connectivity index (χ1) is 10.2. The highest BCUT2D eigenvalue weighted by Crippen LogP contribution is 2.41. The molecule has 0 saturated carbocycles. The van der Waals surface area contributed by atoms with E-state index in [2.05, 4.69) is 62.4 Å². The second-order valence-electron chi connectivity index (χ2n) is 6.59. The number of hydrogen-bond acceptors (Lipinski definition) is 1. The van der Waals surface area contributed by atoms with Crippen LogP contribution in [0.25, 0.3) is 21.5 Å². The van der Waals surface area contributed by atoms with E-state index < -0.39 is 0 Å². The Bertz CT molecular complexity index is 834. The van der Waals surface area contributed by atoms with Gasteiger partial charge in [-0.3, -0.25) is 0 Å². The lowest BCUT2D eigenvalue weighted by Crippen LogP contribution is -2.31. The normalized spacial score (nSPS) is 25.2. The van der Waals surface area contributed by atoms with Crippen LogP contribution in [0.4, 0.5) is 0 Å². The van der Waals surface area contributed by atoms with Crippen molar-refractivity contribution in [3.63, 3.8) is 0 Å². The summed E-state index contributed by atoms with van der Waals surface area (Å²) in [5, 5.41) is 5.31. The topological polar surface area (TPSA) is 26.0 Å². The van der Waals surface area contributed by atoms with Gasteiger partial charge in [-0.05, 0) is 50.9 Å². The largest absolute Gasteiger partial charge is 0.324 e. The minimum absolute atomic E-state index is 0.147. The third-order valence-electron chi connectivity index (χ3n) is 5.40. The Kier molecular flexibility index (Phi) is 2.80. The van der Waals surface area contributed by atoms with E-state index in [0.717, 1.165) is 6.42 Å². The van der Waals surface area contributed by atoms with Gasteiger partial charge in [-0.25, -0.2) is 0 Å². The minimum atomic E-state index is 0.147. The van der Waals surface area contributed by atoms with E-state index in [9.17, 15) is 0 Å². The molecule has 0 radical (unpaired) electrons. The van der Waals surface area contributed by atoms with Crippen molar-refractivity contribution >= 4 is 21.5 Å². The van der Waals surface area contributed by atoms with Crippen molar-refractivity contribution in [2.45, 2.75) is 26.3 Å².